The van der Waals surface area contributed by atoms with E-state index in [1.54, 1.807) is 0 Å². The number of hydrogen-bond acceptors (Lipinski definition) is 4. The maximum atomic E-state index is 13.1. The summed E-state index contributed by atoms with van der Waals surface area (Å²) in [5.41, 5.74) is 0.421. The summed E-state index contributed by atoms with van der Waals surface area (Å²) in [7, 11) is 0. The molecule has 0 spiro atoms. The second-order valence-corrected chi connectivity index (χ2v) is 16.5. The van der Waals surface area contributed by atoms with Gasteiger partial charge in [0.25, 0.3) is 0 Å². The summed E-state index contributed by atoms with van der Waals surface area (Å²) < 4.78 is 6.37. The quantitative estimate of drug-likeness (QED) is 0.311. The van der Waals surface area contributed by atoms with Crippen LogP contribution in [-0.2, 0) is 9.53 Å². The van der Waals surface area contributed by atoms with Gasteiger partial charge >= 0.3 is 5.97 Å². The third kappa shape index (κ3) is 4.91. The van der Waals surface area contributed by atoms with Crippen molar-refractivity contribution >= 4 is 5.97 Å². The Bertz CT molecular complexity index is 918. The van der Waals surface area contributed by atoms with Crippen LogP contribution in [0.15, 0.2) is 0 Å². The van der Waals surface area contributed by atoms with Crippen LogP contribution in [0.3, 0.4) is 0 Å². The van der Waals surface area contributed by atoms with Crippen molar-refractivity contribution in [3.8, 4) is 0 Å². The average molecular weight is 557 g/mol. The molecule has 6 aliphatic rings. The lowest BCUT2D eigenvalue weighted by molar-refractivity contribution is -0.177. The third-order valence-corrected chi connectivity index (χ3v) is 14.9. The zero-order chi connectivity index (χ0) is 28.3. The minimum atomic E-state index is -0.202. The molecule has 13 atom stereocenters. The molecule has 4 nitrogen and oxygen atoms in total. The smallest absolute Gasteiger partial charge is 0.306 e. The van der Waals surface area contributed by atoms with Gasteiger partial charge in [0.2, 0.25) is 0 Å². The van der Waals surface area contributed by atoms with Crippen LogP contribution in [0.5, 0.6) is 0 Å². The van der Waals surface area contributed by atoms with E-state index in [-0.39, 0.29) is 23.8 Å². The minimum Gasteiger partial charge on any atom is -0.459 e. The largest absolute Gasteiger partial charge is 0.459 e. The standard InChI is InChI=1S/C36H60O4/c1-5-36(19-14-24-9-7-10-25(36)20-24)40-32(39)11-6-8-23(2)28-12-13-29-33-30(16-18-35(28,29)4)34(3)17-15-27(37)21-26(34)22-31(33)38/h23-31,33,37-38H,5-22H2,1-4H3/t23-,24-,25-,26+,27-,28-,29+,30+,31-,33+,34+,35-,36+/m1/s1. The van der Waals surface area contributed by atoms with Gasteiger partial charge in [-0.1, -0.05) is 40.5 Å². The second kappa shape index (κ2) is 11.1. The van der Waals surface area contributed by atoms with E-state index in [0.29, 0.717) is 58.7 Å². The van der Waals surface area contributed by atoms with E-state index in [4.69, 9.17) is 4.74 Å². The fraction of sp³-hybridized carbons (Fsp3) is 0.972. The summed E-state index contributed by atoms with van der Waals surface area (Å²) in [4.78, 5) is 13.1. The van der Waals surface area contributed by atoms with Crippen LogP contribution in [0.4, 0.5) is 0 Å². The lowest BCUT2D eigenvalue weighted by Crippen LogP contribution is -2.58. The fourth-order valence-electron chi connectivity index (χ4n) is 12.6. The summed E-state index contributed by atoms with van der Waals surface area (Å²) in [5.74, 6) is 4.97. The SMILES string of the molecule is CC[C@]1(OC(=O)CCC[C@@H](C)[C@H]2CC[C@H]3[C@@H]4[C@H](O)C[C@@H]5C[C@H](O)CC[C@]5(C)[C@H]4CC[C@]23C)CC[C@H]2CCC[C@@H]1C2. The normalized spacial score (nSPS) is 50.8. The number of carbonyl (C=O) groups excluding carboxylic acids is 1. The summed E-state index contributed by atoms with van der Waals surface area (Å²) in [6.07, 6.45) is 19.7. The fourth-order valence-corrected chi connectivity index (χ4v) is 12.6. The van der Waals surface area contributed by atoms with Crippen LogP contribution >= 0.6 is 0 Å². The molecule has 6 saturated carbocycles. The summed E-state index contributed by atoms with van der Waals surface area (Å²) in [6.45, 7) is 9.75. The summed E-state index contributed by atoms with van der Waals surface area (Å²) in [5, 5.41) is 21.9. The highest BCUT2D eigenvalue weighted by molar-refractivity contribution is 5.70. The van der Waals surface area contributed by atoms with E-state index < -0.39 is 0 Å². The van der Waals surface area contributed by atoms with Crippen molar-refractivity contribution in [1.29, 1.82) is 0 Å². The van der Waals surface area contributed by atoms with Gasteiger partial charge in [0, 0.05) is 6.42 Å². The number of aliphatic hydroxyl groups excluding tert-OH is 2. The van der Waals surface area contributed by atoms with E-state index in [2.05, 4.69) is 27.7 Å². The van der Waals surface area contributed by atoms with Crippen molar-refractivity contribution in [3.05, 3.63) is 0 Å². The average Bonchev–Trinajstić information content (AvgIpc) is 3.29. The Hall–Kier alpha value is -0.610. The molecule has 0 aromatic carbocycles. The van der Waals surface area contributed by atoms with Gasteiger partial charge in [-0.2, -0.15) is 0 Å². The first-order valence-electron chi connectivity index (χ1n) is 17.7. The highest BCUT2D eigenvalue weighted by Gasteiger charge is 2.62. The van der Waals surface area contributed by atoms with E-state index in [1.165, 1.54) is 57.8 Å². The molecule has 0 heterocycles. The first-order valence-corrected chi connectivity index (χ1v) is 17.7. The zero-order valence-electron chi connectivity index (χ0n) is 26.2. The van der Waals surface area contributed by atoms with Gasteiger partial charge in [0.05, 0.1) is 12.2 Å². The van der Waals surface area contributed by atoms with Crippen molar-refractivity contribution in [3.63, 3.8) is 0 Å². The molecule has 0 aromatic heterocycles. The Kier molecular flexibility index (Phi) is 8.21. The highest BCUT2D eigenvalue weighted by Crippen LogP contribution is 2.68. The number of rotatable bonds is 7. The molecule has 228 valence electrons. The summed E-state index contributed by atoms with van der Waals surface area (Å²) >= 11 is 0. The molecular formula is C36H60O4. The number of carbonyl (C=O) groups is 1. The Balaban J connectivity index is 1.05. The van der Waals surface area contributed by atoms with Gasteiger partial charge in [-0.05, 0) is 154 Å². The Morgan fingerprint density at radius 1 is 0.875 bits per heavy atom. The lowest BCUT2D eigenvalue weighted by atomic mass is 9.43. The van der Waals surface area contributed by atoms with E-state index in [1.807, 2.05) is 0 Å². The molecule has 0 unspecified atom stereocenters. The van der Waals surface area contributed by atoms with Crippen molar-refractivity contribution < 1.29 is 19.7 Å². The Labute approximate surface area is 244 Å². The molecule has 6 fully saturated rings. The first-order chi connectivity index (χ1) is 19.1. The van der Waals surface area contributed by atoms with E-state index in [9.17, 15) is 15.0 Å². The van der Waals surface area contributed by atoms with Crippen LogP contribution in [0.2, 0.25) is 0 Å². The molecule has 0 aliphatic heterocycles. The number of ether oxygens (including phenoxy) is 1. The van der Waals surface area contributed by atoms with Crippen molar-refractivity contribution in [2.24, 2.45) is 58.2 Å². The highest BCUT2D eigenvalue weighted by atomic mass is 16.6. The van der Waals surface area contributed by atoms with E-state index >= 15 is 0 Å². The molecule has 0 saturated heterocycles. The molecule has 0 aromatic rings. The molecule has 6 aliphatic carbocycles. The van der Waals surface area contributed by atoms with Gasteiger partial charge < -0.3 is 14.9 Å². The van der Waals surface area contributed by atoms with Gasteiger partial charge in [0.15, 0.2) is 0 Å². The zero-order valence-corrected chi connectivity index (χ0v) is 26.2. The predicted molar refractivity (Wildman–Crippen MR) is 159 cm³/mol. The molecular weight excluding hydrogens is 496 g/mol. The topological polar surface area (TPSA) is 66.8 Å². The van der Waals surface area contributed by atoms with Gasteiger partial charge in [-0.25, -0.2) is 0 Å². The molecule has 40 heavy (non-hydrogen) atoms. The second-order valence-electron chi connectivity index (χ2n) is 16.5. The van der Waals surface area contributed by atoms with Crippen molar-refractivity contribution in [1.82, 2.24) is 0 Å². The van der Waals surface area contributed by atoms with Gasteiger partial charge in [0.1, 0.15) is 5.60 Å². The van der Waals surface area contributed by atoms with E-state index in [0.717, 1.165) is 57.3 Å². The molecule has 0 amide bonds. The van der Waals surface area contributed by atoms with Gasteiger partial charge in [-0.15, -0.1) is 0 Å². The molecule has 2 bridgehead atoms. The molecule has 0 radical (unpaired) electrons. The van der Waals surface area contributed by atoms with Crippen molar-refractivity contribution in [2.75, 3.05) is 0 Å². The first kappa shape index (κ1) is 29.5. The van der Waals surface area contributed by atoms with Gasteiger partial charge in [-0.3, -0.25) is 4.79 Å². The number of aliphatic hydroxyl groups is 2. The van der Waals surface area contributed by atoms with Crippen LogP contribution in [0, 0.1) is 58.2 Å². The Morgan fingerprint density at radius 3 is 2.45 bits per heavy atom. The molecule has 6 rings (SSSR count). The third-order valence-electron chi connectivity index (χ3n) is 14.9. The van der Waals surface area contributed by atoms with Crippen LogP contribution in [0.1, 0.15) is 143 Å². The number of fused-ring (bicyclic) bond motifs is 7. The maximum Gasteiger partial charge on any atom is 0.306 e. The van der Waals surface area contributed by atoms with Crippen LogP contribution < -0.4 is 0 Å². The number of hydrogen-bond donors (Lipinski definition) is 2. The monoisotopic (exact) mass is 556 g/mol. The molecule has 4 heteroatoms. The molecule has 2 N–H and O–H groups in total. The van der Waals surface area contributed by atoms with Crippen LogP contribution in [0.25, 0.3) is 0 Å². The minimum absolute atomic E-state index is 0.0554. The van der Waals surface area contributed by atoms with Crippen LogP contribution in [-0.4, -0.2) is 34.0 Å². The van der Waals surface area contributed by atoms with Crippen molar-refractivity contribution in [2.45, 2.75) is 161 Å². The lowest BCUT2D eigenvalue weighted by Gasteiger charge is -2.62. The Morgan fingerprint density at radius 2 is 1.65 bits per heavy atom. The number of esters is 1. The predicted octanol–water partition coefficient (Wildman–Crippen LogP) is 8.08. The maximum absolute atomic E-state index is 13.1. The summed E-state index contributed by atoms with van der Waals surface area (Å²) in [6, 6.07) is 0.